The highest BCUT2D eigenvalue weighted by molar-refractivity contribution is 7.84. The Hall–Kier alpha value is -1.68. The molecular weight excluding hydrogens is 282 g/mol. The molecule has 0 aliphatic heterocycles. The molecule has 1 heterocycles. The topological polar surface area (TPSA) is 39.2 Å². The molecule has 1 fully saturated rings. The van der Waals surface area contributed by atoms with Crippen LogP contribution in [0.2, 0.25) is 0 Å². The normalized spacial score (nSPS) is 15.6. The average Bonchev–Trinajstić information content (AvgIpc) is 3.33. The molecule has 1 unspecified atom stereocenters. The minimum absolute atomic E-state index is 0.474. The Balaban J connectivity index is 1.50. The monoisotopic (exact) mass is 301 g/mol. The van der Waals surface area contributed by atoms with Crippen LogP contribution in [0.5, 0.6) is 5.75 Å². The second kappa shape index (κ2) is 6.85. The van der Waals surface area contributed by atoms with E-state index >= 15 is 0 Å². The average molecular weight is 301 g/mol. The Kier molecular flexibility index (Phi) is 4.65. The van der Waals surface area contributed by atoms with Gasteiger partial charge in [0.25, 0.3) is 0 Å². The summed E-state index contributed by atoms with van der Waals surface area (Å²) in [6, 6.07) is 13.7. The van der Waals surface area contributed by atoms with Crippen LogP contribution in [0.1, 0.15) is 30.0 Å². The van der Waals surface area contributed by atoms with Crippen LogP contribution in [-0.2, 0) is 16.6 Å². The van der Waals surface area contributed by atoms with E-state index < -0.39 is 10.8 Å². The van der Waals surface area contributed by atoms with Gasteiger partial charge in [-0.3, -0.25) is 9.19 Å². The summed E-state index contributed by atoms with van der Waals surface area (Å²) < 4.78 is 17.8. The van der Waals surface area contributed by atoms with Crippen molar-refractivity contribution < 1.29 is 8.95 Å². The van der Waals surface area contributed by atoms with E-state index in [-0.39, 0.29) is 0 Å². The molecular formula is C17H19NO2S. The summed E-state index contributed by atoms with van der Waals surface area (Å²) in [5.74, 6) is 2.54. The SMILES string of the molecule is O=S(CCOc1ccccc1)Cc1ncccc1C1CC1. The smallest absolute Gasteiger partial charge is 0.119 e. The fourth-order valence-corrected chi connectivity index (χ4v) is 3.29. The Morgan fingerprint density at radius 3 is 2.71 bits per heavy atom. The maximum absolute atomic E-state index is 12.2. The zero-order chi connectivity index (χ0) is 14.5. The maximum atomic E-state index is 12.2. The number of para-hydroxylation sites is 1. The van der Waals surface area contributed by atoms with Gasteiger partial charge in [0.05, 0.1) is 23.8 Å². The molecule has 4 heteroatoms. The van der Waals surface area contributed by atoms with Crippen LogP contribution in [-0.4, -0.2) is 21.6 Å². The standard InChI is InChI=1S/C17H19NO2S/c19-21(12-11-20-15-5-2-1-3-6-15)13-17-16(14-8-9-14)7-4-10-18-17/h1-7,10,14H,8-9,11-13H2. The molecule has 0 radical (unpaired) electrons. The fraction of sp³-hybridized carbons (Fsp3) is 0.353. The molecule has 1 aliphatic rings. The molecule has 21 heavy (non-hydrogen) atoms. The predicted molar refractivity (Wildman–Crippen MR) is 84.9 cm³/mol. The van der Waals surface area contributed by atoms with Gasteiger partial charge in [0.15, 0.2) is 0 Å². The van der Waals surface area contributed by atoms with Crippen molar-refractivity contribution in [1.29, 1.82) is 0 Å². The Morgan fingerprint density at radius 1 is 1.14 bits per heavy atom. The summed E-state index contributed by atoms with van der Waals surface area (Å²) in [5, 5.41) is 0. The molecule has 1 aliphatic carbocycles. The Labute approximate surface area is 127 Å². The fourth-order valence-electron chi connectivity index (χ4n) is 2.33. The molecule has 0 saturated heterocycles. The third kappa shape index (κ3) is 4.14. The number of aromatic nitrogens is 1. The van der Waals surface area contributed by atoms with E-state index in [1.54, 1.807) is 6.20 Å². The zero-order valence-corrected chi connectivity index (χ0v) is 12.7. The highest BCUT2D eigenvalue weighted by Gasteiger charge is 2.26. The summed E-state index contributed by atoms with van der Waals surface area (Å²) >= 11 is 0. The number of rotatable bonds is 7. The van der Waals surface area contributed by atoms with Crippen molar-refractivity contribution in [3.8, 4) is 5.75 Å². The Bertz CT molecular complexity index is 611. The van der Waals surface area contributed by atoms with Gasteiger partial charge in [0.1, 0.15) is 5.75 Å². The highest BCUT2D eigenvalue weighted by atomic mass is 32.2. The maximum Gasteiger partial charge on any atom is 0.119 e. The molecule has 1 saturated carbocycles. The quantitative estimate of drug-likeness (QED) is 0.788. The number of nitrogens with zero attached hydrogens (tertiary/aromatic N) is 1. The number of hydrogen-bond acceptors (Lipinski definition) is 3. The first-order chi connectivity index (χ1) is 10.3. The van der Waals surface area contributed by atoms with Gasteiger partial charge in [-0.1, -0.05) is 24.3 Å². The third-order valence-electron chi connectivity index (χ3n) is 3.56. The first kappa shape index (κ1) is 14.3. The van der Waals surface area contributed by atoms with Crippen molar-refractivity contribution in [2.45, 2.75) is 24.5 Å². The van der Waals surface area contributed by atoms with Crippen LogP contribution < -0.4 is 4.74 Å². The molecule has 1 aromatic heterocycles. The van der Waals surface area contributed by atoms with E-state index in [0.717, 1.165) is 11.4 Å². The van der Waals surface area contributed by atoms with Gasteiger partial charge in [0, 0.05) is 17.0 Å². The third-order valence-corrected chi connectivity index (χ3v) is 4.78. The van der Waals surface area contributed by atoms with E-state index in [9.17, 15) is 4.21 Å². The lowest BCUT2D eigenvalue weighted by atomic mass is 10.1. The number of ether oxygens (including phenoxy) is 1. The lowest BCUT2D eigenvalue weighted by Gasteiger charge is -2.08. The minimum Gasteiger partial charge on any atom is -0.493 e. The summed E-state index contributed by atoms with van der Waals surface area (Å²) in [5.41, 5.74) is 2.29. The van der Waals surface area contributed by atoms with E-state index in [0.29, 0.717) is 24.0 Å². The van der Waals surface area contributed by atoms with Crippen LogP contribution in [0.3, 0.4) is 0 Å². The molecule has 0 spiro atoms. The molecule has 3 nitrogen and oxygen atoms in total. The Morgan fingerprint density at radius 2 is 1.95 bits per heavy atom. The number of hydrogen-bond donors (Lipinski definition) is 0. The molecule has 2 aromatic rings. The lowest BCUT2D eigenvalue weighted by Crippen LogP contribution is -2.11. The van der Waals surface area contributed by atoms with Gasteiger partial charge in [-0.25, -0.2) is 0 Å². The van der Waals surface area contributed by atoms with Crippen molar-refractivity contribution in [2.75, 3.05) is 12.4 Å². The van der Waals surface area contributed by atoms with Crippen LogP contribution in [0.15, 0.2) is 48.7 Å². The zero-order valence-electron chi connectivity index (χ0n) is 11.9. The summed E-state index contributed by atoms with van der Waals surface area (Å²) in [4.78, 5) is 4.41. The van der Waals surface area contributed by atoms with Gasteiger partial charge in [-0.15, -0.1) is 0 Å². The van der Waals surface area contributed by atoms with Gasteiger partial charge < -0.3 is 4.74 Å². The van der Waals surface area contributed by atoms with Gasteiger partial charge in [-0.05, 0) is 42.5 Å². The molecule has 0 N–H and O–H groups in total. The van der Waals surface area contributed by atoms with Gasteiger partial charge >= 0.3 is 0 Å². The van der Waals surface area contributed by atoms with E-state index in [4.69, 9.17) is 4.74 Å². The highest BCUT2D eigenvalue weighted by Crippen LogP contribution is 2.41. The van der Waals surface area contributed by atoms with Crippen LogP contribution in [0.25, 0.3) is 0 Å². The van der Waals surface area contributed by atoms with Crippen molar-refractivity contribution in [3.63, 3.8) is 0 Å². The van der Waals surface area contributed by atoms with Gasteiger partial charge in [0.2, 0.25) is 0 Å². The van der Waals surface area contributed by atoms with Crippen molar-refractivity contribution in [2.24, 2.45) is 0 Å². The van der Waals surface area contributed by atoms with E-state index in [1.807, 2.05) is 36.4 Å². The predicted octanol–water partition coefficient (Wildman–Crippen LogP) is 3.29. The first-order valence-corrected chi connectivity index (χ1v) is 8.78. The molecule has 1 aromatic carbocycles. The molecule has 3 rings (SSSR count). The van der Waals surface area contributed by atoms with Crippen molar-refractivity contribution in [3.05, 3.63) is 59.9 Å². The first-order valence-electron chi connectivity index (χ1n) is 7.29. The molecule has 0 amide bonds. The van der Waals surface area contributed by atoms with Crippen LogP contribution in [0.4, 0.5) is 0 Å². The minimum atomic E-state index is -0.931. The molecule has 1 atom stereocenters. The van der Waals surface area contributed by atoms with E-state index in [1.165, 1.54) is 18.4 Å². The summed E-state index contributed by atoms with van der Waals surface area (Å²) in [6.07, 6.45) is 4.27. The largest absolute Gasteiger partial charge is 0.493 e. The van der Waals surface area contributed by atoms with E-state index in [2.05, 4.69) is 11.1 Å². The lowest BCUT2D eigenvalue weighted by molar-refractivity contribution is 0.342. The van der Waals surface area contributed by atoms with Crippen molar-refractivity contribution >= 4 is 10.8 Å². The molecule has 0 bridgehead atoms. The van der Waals surface area contributed by atoms with Crippen molar-refractivity contribution in [1.82, 2.24) is 4.98 Å². The number of pyridine rings is 1. The second-order valence-electron chi connectivity index (χ2n) is 5.26. The van der Waals surface area contributed by atoms with Crippen LogP contribution in [0, 0.1) is 0 Å². The number of benzene rings is 1. The van der Waals surface area contributed by atoms with Gasteiger partial charge in [-0.2, -0.15) is 0 Å². The van der Waals surface area contributed by atoms with Crippen LogP contribution >= 0.6 is 0 Å². The molecule has 110 valence electrons. The summed E-state index contributed by atoms with van der Waals surface area (Å²) in [6.45, 7) is 0.474. The summed E-state index contributed by atoms with van der Waals surface area (Å²) in [7, 11) is -0.931. The second-order valence-corrected chi connectivity index (χ2v) is 6.84.